The summed E-state index contributed by atoms with van der Waals surface area (Å²) in [6, 6.07) is 5.96. The molecule has 1 atom stereocenters. The van der Waals surface area contributed by atoms with Crippen LogP contribution < -0.4 is 0 Å². The Morgan fingerprint density at radius 3 is 2.80 bits per heavy atom. The maximum absolute atomic E-state index is 12.3. The SMILES string of the molecule is COC(=O)C1CN(C(=O)c2cccc(O)c2)CCC1=O. The van der Waals surface area contributed by atoms with E-state index in [4.69, 9.17) is 0 Å². The Bertz CT molecular complexity index is 546. The number of carbonyl (C=O) groups is 3. The third-order valence-corrected chi connectivity index (χ3v) is 3.29. The minimum Gasteiger partial charge on any atom is -0.508 e. The number of phenols is 1. The summed E-state index contributed by atoms with van der Waals surface area (Å²) in [7, 11) is 1.21. The molecule has 1 aliphatic heterocycles. The predicted molar refractivity (Wildman–Crippen MR) is 69.1 cm³/mol. The van der Waals surface area contributed by atoms with Crippen molar-refractivity contribution in [1.82, 2.24) is 4.90 Å². The lowest BCUT2D eigenvalue weighted by Gasteiger charge is -2.30. The summed E-state index contributed by atoms with van der Waals surface area (Å²) in [6.07, 6.45) is 0.129. The molecule has 0 aliphatic carbocycles. The van der Waals surface area contributed by atoms with E-state index in [1.54, 1.807) is 12.1 Å². The molecule has 1 saturated heterocycles. The van der Waals surface area contributed by atoms with Gasteiger partial charge in [0.1, 0.15) is 11.7 Å². The summed E-state index contributed by atoms with van der Waals surface area (Å²) < 4.78 is 4.58. The summed E-state index contributed by atoms with van der Waals surface area (Å²) in [6.45, 7) is 0.279. The molecule has 1 aliphatic rings. The lowest BCUT2D eigenvalue weighted by molar-refractivity contribution is -0.151. The van der Waals surface area contributed by atoms with E-state index < -0.39 is 11.9 Å². The Morgan fingerprint density at radius 2 is 2.15 bits per heavy atom. The maximum Gasteiger partial charge on any atom is 0.318 e. The zero-order valence-corrected chi connectivity index (χ0v) is 11.0. The van der Waals surface area contributed by atoms with Crippen LogP contribution in [-0.2, 0) is 14.3 Å². The summed E-state index contributed by atoms with van der Waals surface area (Å²) in [5.74, 6) is -2.08. The summed E-state index contributed by atoms with van der Waals surface area (Å²) in [5, 5.41) is 9.38. The third kappa shape index (κ3) is 2.79. The summed E-state index contributed by atoms with van der Waals surface area (Å²) in [5.41, 5.74) is 0.322. The standard InChI is InChI=1S/C14H15NO5/c1-20-14(19)11-8-15(6-5-12(11)17)13(18)9-3-2-4-10(16)7-9/h2-4,7,11,16H,5-6,8H2,1H3. The normalized spacial score (nSPS) is 18.8. The molecule has 0 saturated carbocycles. The molecule has 1 fully saturated rings. The zero-order chi connectivity index (χ0) is 14.7. The van der Waals surface area contributed by atoms with Crippen LogP contribution in [0.25, 0.3) is 0 Å². The van der Waals surface area contributed by atoms with Gasteiger partial charge in [0.2, 0.25) is 0 Å². The van der Waals surface area contributed by atoms with Gasteiger partial charge in [-0.25, -0.2) is 0 Å². The van der Waals surface area contributed by atoms with Crippen LogP contribution in [0.3, 0.4) is 0 Å². The molecule has 1 aromatic carbocycles. The van der Waals surface area contributed by atoms with Gasteiger partial charge in [-0.05, 0) is 18.2 Å². The fourth-order valence-electron chi connectivity index (χ4n) is 2.19. The number of piperidine rings is 1. The first-order chi connectivity index (χ1) is 9.52. The Balaban J connectivity index is 2.15. The van der Waals surface area contributed by atoms with Gasteiger partial charge < -0.3 is 14.7 Å². The van der Waals surface area contributed by atoms with Crippen molar-refractivity contribution in [3.63, 3.8) is 0 Å². The highest BCUT2D eigenvalue weighted by Crippen LogP contribution is 2.19. The van der Waals surface area contributed by atoms with Gasteiger partial charge in [0.25, 0.3) is 5.91 Å². The number of hydrogen-bond acceptors (Lipinski definition) is 5. The monoisotopic (exact) mass is 277 g/mol. The first-order valence-electron chi connectivity index (χ1n) is 6.21. The highest BCUT2D eigenvalue weighted by atomic mass is 16.5. The summed E-state index contributed by atoms with van der Waals surface area (Å²) >= 11 is 0. The highest BCUT2D eigenvalue weighted by molar-refractivity contribution is 6.02. The first kappa shape index (κ1) is 14.0. The minimum absolute atomic E-state index is 0.00606. The number of ether oxygens (including phenoxy) is 1. The van der Waals surface area contributed by atoms with Crippen molar-refractivity contribution in [2.24, 2.45) is 5.92 Å². The Morgan fingerprint density at radius 1 is 1.40 bits per heavy atom. The smallest absolute Gasteiger partial charge is 0.318 e. The second-order valence-corrected chi connectivity index (χ2v) is 4.59. The number of amides is 1. The molecule has 6 nitrogen and oxygen atoms in total. The molecule has 20 heavy (non-hydrogen) atoms. The van der Waals surface area contributed by atoms with Crippen molar-refractivity contribution < 1.29 is 24.2 Å². The van der Waals surface area contributed by atoms with Crippen molar-refractivity contribution >= 4 is 17.7 Å². The number of benzene rings is 1. The molecule has 1 N–H and O–H groups in total. The average molecular weight is 277 g/mol. The number of phenolic OH excluding ortho intramolecular Hbond substituents is 1. The third-order valence-electron chi connectivity index (χ3n) is 3.29. The zero-order valence-electron chi connectivity index (χ0n) is 11.0. The van der Waals surface area contributed by atoms with Gasteiger partial charge >= 0.3 is 5.97 Å². The molecular formula is C14H15NO5. The molecule has 0 aromatic heterocycles. The quantitative estimate of drug-likeness (QED) is 0.632. The van der Waals surface area contributed by atoms with Crippen molar-refractivity contribution in [2.45, 2.75) is 6.42 Å². The van der Waals surface area contributed by atoms with E-state index in [1.165, 1.54) is 24.1 Å². The van der Waals surface area contributed by atoms with Crippen LogP contribution >= 0.6 is 0 Å². The summed E-state index contributed by atoms with van der Waals surface area (Å²) in [4.78, 5) is 36.9. The number of ketones is 1. The van der Waals surface area contributed by atoms with E-state index in [0.717, 1.165) is 0 Å². The molecule has 0 spiro atoms. The Labute approximate surface area is 115 Å². The van der Waals surface area contributed by atoms with Crippen LogP contribution in [0.4, 0.5) is 0 Å². The van der Waals surface area contributed by atoms with Crippen LogP contribution in [0.2, 0.25) is 0 Å². The molecule has 1 heterocycles. The average Bonchev–Trinajstić information content (AvgIpc) is 2.46. The van der Waals surface area contributed by atoms with Crippen LogP contribution in [0.5, 0.6) is 5.75 Å². The second-order valence-electron chi connectivity index (χ2n) is 4.59. The van der Waals surface area contributed by atoms with Gasteiger partial charge in [0.15, 0.2) is 5.78 Å². The van der Waals surface area contributed by atoms with Crippen LogP contribution in [0.15, 0.2) is 24.3 Å². The number of hydrogen-bond donors (Lipinski definition) is 1. The van der Waals surface area contributed by atoms with Gasteiger partial charge in [0.05, 0.1) is 7.11 Å². The van der Waals surface area contributed by atoms with E-state index in [-0.39, 0.29) is 37.0 Å². The van der Waals surface area contributed by atoms with Crippen molar-refractivity contribution in [2.75, 3.05) is 20.2 Å². The van der Waals surface area contributed by atoms with Gasteiger partial charge in [-0.3, -0.25) is 14.4 Å². The molecule has 1 aromatic rings. The molecule has 0 radical (unpaired) electrons. The number of esters is 1. The molecule has 1 amide bonds. The van der Waals surface area contributed by atoms with E-state index in [1.807, 2.05) is 0 Å². The van der Waals surface area contributed by atoms with E-state index >= 15 is 0 Å². The van der Waals surface area contributed by atoms with Crippen LogP contribution in [0.1, 0.15) is 16.8 Å². The fourth-order valence-corrected chi connectivity index (χ4v) is 2.19. The Hall–Kier alpha value is -2.37. The van der Waals surface area contributed by atoms with Crippen molar-refractivity contribution in [3.8, 4) is 5.75 Å². The van der Waals surface area contributed by atoms with Crippen LogP contribution in [-0.4, -0.2) is 47.9 Å². The lowest BCUT2D eigenvalue weighted by atomic mass is 9.96. The molecular weight excluding hydrogens is 262 g/mol. The number of aromatic hydroxyl groups is 1. The van der Waals surface area contributed by atoms with E-state index in [9.17, 15) is 19.5 Å². The number of carbonyl (C=O) groups excluding carboxylic acids is 3. The molecule has 6 heteroatoms. The van der Waals surface area contributed by atoms with E-state index in [2.05, 4.69) is 4.74 Å². The first-order valence-corrected chi connectivity index (χ1v) is 6.21. The predicted octanol–water partition coefficient (Wildman–Crippen LogP) is 0.596. The number of rotatable bonds is 2. The fraction of sp³-hybridized carbons (Fsp3) is 0.357. The Kier molecular flexibility index (Phi) is 4.02. The van der Waals surface area contributed by atoms with Gasteiger partial charge in [-0.1, -0.05) is 6.07 Å². The van der Waals surface area contributed by atoms with Crippen molar-refractivity contribution in [3.05, 3.63) is 29.8 Å². The maximum atomic E-state index is 12.3. The second kappa shape index (κ2) is 5.73. The van der Waals surface area contributed by atoms with Gasteiger partial charge in [0, 0.05) is 25.1 Å². The lowest BCUT2D eigenvalue weighted by Crippen LogP contribution is -2.47. The van der Waals surface area contributed by atoms with Gasteiger partial charge in [-0.15, -0.1) is 0 Å². The van der Waals surface area contributed by atoms with E-state index in [0.29, 0.717) is 5.56 Å². The largest absolute Gasteiger partial charge is 0.508 e. The molecule has 0 bridgehead atoms. The number of Topliss-reactive ketones (excluding diaryl/α,β-unsaturated/α-hetero) is 1. The van der Waals surface area contributed by atoms with Crippen molar-refractivity contribution in [1.29, 1.82) is 0 Å². The number of likely N-dealkylation sites (tertiary alicyclic amines) is 1. The van der Waals surface area contributed by atoms with Gasteiger partial charge in [-0.2, -0.15) is 0 Å². The minimum atomic E-state index is -0.921. The van der Waals surface area contributed by atoms with Crippen LogP contribution in [0, 0.1) is 5.92 Å². The topological polar surface area (TPSA) is 83.9 Å². The molecule has 106 valence electrons. The molecule has 2 rings (SSSR count). The number of nitrogens with zero attached hydrogens (tertiary/aromatic N) is 1. The highest BCUT2D eigenvalue weighted by Gasteiger charge is 2.35. The number of methoxy groups -OCH3 is 1. The molecule has 1 unspecified atom stereocenters.